The number of nitrogens with one attached hydrogen (secondary N) is 1. The van der Waals surface area contributed by atoms with Crippen molar-refractivity contribution >= 4 is 5.78 Å². The number of benzene rings is 1. The lowest BCUT2D eigenvalue weighted by Crippen LogP contribution is -2.30. The molecule has 0 amide bonds. The normalized spacial score (nSPS) is 14.7. The quantitative estimate of drug-likeness (QED) is 0.785. The molecule has 0 aromatic heterocycles. The Morgan fingerprint density at radius 1 is 1.20 bits per heavy atom. The first-order valence-electron chi connectivity index (χ1n) is 4.75. The maximum absolute atomic E-state index is 11.6. The highest BCUT2D eigenvalue weighted by Crippen LogP contribution is 2.34. The van der Waals surface area contributed by atoms with E-state index in [1.165, 1.54) is 0 Å². The van der Waals surface area contributed by atoms with Crippen LogP contribution in [0.15, 0.2) is 12.1 Å². The number of Topliss-reactive ketones (excluding diaryl/α,β-unsaturated/α-hetero) is 1. The molecule has 1 aliphatic heterocycles. The van der Waals surface area contributed by atoms with Gasteiger partial charge in [-0.05, 0) is 12.1 Å². The van der Waals surface area contributed by atoms with Gasteiger partial charge in [0, 0.05) is 17.7 Å². The number of rotatable bonds is 2. The van der Waals surface area contributed by atoms with E-state index < -0.39 is 0 Å². The average molecular weight is 207 g/mol. The molecule has 0 bridgehead atoms. The van der Waals surface area contributed by atoms with Crippen LogP contribution in [0.5, 0.6) is 11.5 Å². The molecule has 4 heteroatoms. The Labute approximate surface area is 88.2 Å². The first kappa shape index (κ1) is 9.98. The molecule has 15 heavy (non-hydrogen) atoms. The third-order valence-corrected chi connectivity index (χ3v) is 2.54. The molecule has 1 aromatic rings. The predicted octanol–water partition coefficient (Wildman–Crippen LogP) is 0.990. The fourth-order valence-electron chi connectivity index (χ4n) is 1.82. The monoisotopic (exact) mass is 207 g/mol. The van der Waals surface area contributed by atoms with Crippen molar-refractivity contribution in [2.24, 2.45) is 0 Å². The highest BCUT2D eigenvalue weighted by Gasteiger charge is 2.22. The molecule has 1 N–H and O–H groups in total. The van der Waals surface area contributed by atoms with Gasteiger partial charge in [-0.25, -0.2) is 0 Å². The Hall–Kier alpha value is -1.55. The Kier molecular flexibility index (Phi) is 2.60. The molecule has 80 valence electrons. The van der Waals surface area contributed by atoms with Gasteiger partial charge in [0.15, 0.2) is 17.3 Å². The molecule has 2 rings (SSSR count). The van der Waals surface area contributed by atoms with Crippen LogP contribution >= 0.6 is 0 Å². The van der Waals surface area contributed by atoms with Crippen molar-refractivity contribution in [3.05, 3.63) is 23.3 Å². The molecule has 0 fully saturated rings. The summed E-state index contributed by atoms with van der Waals surface area (Å²) in [5.41, 5.74) is 1.61. The summed E-state index contributed by atoms with van der Waals surface area (Å²) in [5.74, 6) is 1.40. The fourth-order valence-corrected chi connectivity index (χ4v) is 1.82. The van der Waals surface area contributed by atoms with Gasteiger partial charge in [-0.15, -0.1) is 0 Å². The minimum absolute atomic E-state index is 0.0946. The molecular weight excluding hydrogens is 194 g/mol. The van der Waals surface area contributed by atoms with Gasteiger partial charge in [0.1, 0.15) is 0 Å². The van der Waals surface area contributed by atoms with Gasteiger partial charge in [-0.2, -0.15) is 0 Å². The molecule has 0 saturated carbocycles. The standard InChI is InChI=1S/C11H13NO3/c1-14-10-4-3-7-8(11(10)15-2)5-12-6-9(7)13/h3-4,12H,5-6H2,1-2H3. The second-order valence-corrected chi connectivity index (χ2v) is 3.35. The van der Waals surface area contributed by atoms with Crippen molar-refractivity contribution in [1.82, 2.24) is 5.32 Å². The zero-order valence-electron chi connectivity index (χ0n) is 8.79. The van der Waals surface area contributed by atoms with E-state index in [2.05, 4.69) is 5.32 Å². The van der Waals surface area contributed by atoms with E-state index in [9.17, 15) is 4.79 Å². The fraction of sp³-hybridized carbons (Fsp3) is 0.364. The molecule has 1 aromatic carbocycles. The third kappa shape index (κ3) is 1.57. The minimum atomic E-state index is 0.0946. The van der Waals surface area contributed by atoms with Crippen molar-refractivity contribution in [1.29, 1.82) is 0 Å². The Balaban J connectivity index is 2.58. The van der Waals surface area contributed by atoms with Crippen LogP contribution in [0.1, 0.15) is 15.9 Å². The number of carbonyl (C=O) groups excluding carboxylic acids is 1. The second-order valence-electron chi connectivity index (χ2n) is 3.35. The second kappa shape index (κ2) is 3.90. The van der Waals surface area contributed by atoms with Crippen molar-refractivity contribution in [3.8, 4) is 11.5 Å². The summed E-state index contributed by atoms with van der Waals surface area (Å²) in [6.45, 7) is 1.03. The summed E-state index contributed by atoms with van der Waals surface area (Å²) in [6.07, 6.45) is 0. The molecule has 0 atom stereocenters. The summed E-state index contributed by atoms with van der Waals surface area (Å²) >= 11 is 0. The molecule has 0 unspecified atom stereocenters. The van der Waals surface area contributed by atoms with Gasteiger partial charge in [0.25, 0.3) is 0 Å². The SMILES string of the molecule is COc1ccc2c(c1OC)CNCC2=O. The summed E-state index contributed by atoms with van der Waals surface area (Å²) in [4.78, 5) is 11.6. The van der Waals surface area contributed by atoms with Gasteiger partial charge in [-0.3, -0.25) is 4.79 Å². The number of ketones is 1. The zero-order valence-corrected chi connectivity index (χ0v) is 8.79. The lowest BCUT2D eigenvalue weighted by molar-refractivity contribution is 0.0981. The van der Waals surface area contributed by atoms with Crippen molar-refractivity contribution in [3.63, 3.8) is 0 Å². The molecule has 0 radical (unpaired) electrons. The van der Waals surface area contributed by atoms with E-state index in [-0.39, 0.29) is 5.78 Å². The minimum Gasteiger partial charge on any atom is -0.493 e. The van der Waals surface area contributed by atoms with Crippen LogP contribution in [0.25, 0.3) is 0 Å². The number of hydrogen-bond donors (Lipinski definition) is 1. The number of hydrogen-bond acceptors (Lipinski definition) is 4. The average Bonchev–Trinajstić information content (AvgIpc) is 2.28. The first-order chi connectivity index (χ1) is 7.27. The number of fused-ring (bicyclic) bond motifs is 1. The van der Waals surface area contributed by atoms with Crippen molar-refractivity contribution < 1.29 is 14.3 Å². The summed E-state index contributed by atoms with van der Waals surface area (Å²) < 4.78 is 10.4. The predicted molar refractivity (Wildman–Crippen MR) is 55.6 cm³/mol. The Bertz CT molecular complexity index is 401. The largest absolute Gasteiger partial charge is 0.493 e. The summed E-state index contributed by atoms with van der Waals surface area (Å²) in [5, 5.41) is 3.03. The van der Waals surface area contributed by atoms with Crippen molar-refractivity contribution in [2.45, 2.75) is 6.54 Å². The van der Waals surface area contributed by atoms with E-state index >= 15 is 0 Å². The van der Waals surface area contributed by atoms with Gasteiger partial charge >= 0.3 is 0 Å². The van der Waals surface area contributed by atoms with Crippen LogP contribution in [0.2, 0.25) is 0 Å². The number of carbonyl (C=O) groups is 1. The van der Waals surface area contributed by atoms with E-state index in [4.69, 9.17) is 9.47 Å². The zero-order chi connectivity index (χ0) is 10.8. The third-order valence-electron chi connectivity index (χ3n) is 2.54. The maximum Gasteiger partial charge on any atom is 0.177 e. The van der Waals surface area contributed by atoms with E-state index in [0.29, 0.717) is 24.6 Å². The van der Waals surface area contributed by atoms with E-state index in [1.807, 2.05) is 0 Å². The van der Waals surface area contributed by atoms with Gasteiger partial charge in [0.05, 0.1) is 20.8 Å². The molecule has 4 nitrogen and oxygen atoms in total. The van der Waals surface area contributed by atoms with Crippen LogP contribution in [0, 0.1) is 0 Å². The summed E-state index contributed by atoms with van der Waals surface area (Å²) in [6, 6.07) is 3.56. The van der Waals surface area contributed by atoms with E-state index in [1.54, 1.807) is 26.4 Å². The van der Waals surface area contributed by atoms with Crippen LogP contribution in [-0.2, 0) is 6.54 Å². The van der Waals surface area contributed by atoms with Crippen LogP contribution in [-0.4, -0.2) is 26.5 Å². The molecule has 0 saturated heterocycles. The Morgan fingerprint density at radius 2 is 2.00 bits per heavy atom. The van der Waals surface area contributed by atoms with Gasteiger partial charge in [-0.1, -0.05) is 0 Å². The number of methoxy groups -OCH3 is 2. The van der Waals surface area contributed by atoms with Crippen molar-refractivity contribution in [2.75, 3.05) is 20.8 Å². The Morgan fingerprint density at radius 3 is 2.67 bits per heavy atom. The topological polar surface area (TPSA) is 47.6 Å². The lowest BCUT2D eigenvalue weighted by Gasteiger charge is -2.20. The maximum atomic E-state index is 11.6. The lowest BCUT2D eigenvalue weighted by atomic mass is 9.98. The smallest absolute Gasteiger partial charge is 0.177 e. The van der Waals surface area contributed by atoms with Crippen LogP contribution in [0.3, 0.4) is 0 Å². The van der Waals surface area contributed by atoms with Crippen LogP contribution < -0.4 is 14.8 Å². The molecular formula is C11H13NO3. The van der Waals surface area contributed by atoms with Crippen LogP contribution in [0.4, 0.5) is 0 Å². The molecule has 0 aliphatic carbocycles. The number of ether oxygens (including phenoxy) is 2. The first-order valence-corrected chi connectivity index (χ1v) is 4.75. The van der Waals surface area contributed by atoms with Gasteiger partial charge < -0.3 is 14.8 Å². The summed E-state index contributed by atoms with van der Waals surface area (Å²) in [7, 11) is 3.17. The van der Waals surface area contributed by atoms with E-state index in [0.717, 1.165) is 11.1 Å². The highest BCUT2D eigenvalue weighted by molar-refractivity contribution is 6.00. The van der Waals surface area contributed by atoms with Gasteiger partial charge in [0.2, 0.25) is 0 Å². The highest BCUT2D eigenvalue weighted by atomic mass is 16.5. The molecule has 0 spiro atoms. The molecule has 1 heterocycles. The molecule has 1 aliphatic rings.